The van der Waals surface area contributed by atoms with Gasteiger partial charge in [-0.3, -0.25) is 9.52 Å². The van der Waals surface area contributed by atoms with Crippen LogP contribution in [0.3, 0.4) is 0 Å². The monoisotopic (exact) mass is 202 g/mol. The third kappa shape index (κ3) is 2.88. The van der Waals surface area contributed by atoms with Crippen molar-refractivity contribution in [3.63, 3.8) is 0 Å². The van der Waals surface area contributed by atoms with E-state index < -0.39 is 0 Å². The van der Waals surface area contributed by atoms with E-state index in [9.17, 15) is 4.79 Å². The molecule has 76 valence electrons. The van der Waals surface area contributed by atoms with Gasteiger partial charge >= 0.3 is 0 Å². The molecule has 1 N–H and O–H groups in total. The average Bonchev–Trinajstić information content (AvgIpc) is 2.17. The highest BCUT2D eigenvalue weighted by molar-refractivity contribution is 7.78. The molecule has 0 saturated heterocycles. The van der Waals surface area contributed by atoms with Crippen LogP contribution in [-0.2, 0) is 4.79 Å². The maximum absolute atomic E-state index is 11.6. The molecule has 0 radical (unpaired) electrons. The predicted molar refractivity (Wildman–Crippen MR) is 56.6 cm³/mol. The summed E-state index contributed by atoms with van der Waals surface area (Å²) in [7, 11) is 3.65. The first kappa shape index (κ1) is 10.9. The summed E-state index contributed by atoms with van der Waals surface area (Å²) in [6.07, 6.45) is 4.12. The largest absolute Gasteiger partial charge is 0.349 e. The third-order valence-electron chi connectivity index (χ3n) is 2.70. The summed E-state index contributed by atoms with van der Waals surface area (Å²) in [6, 6.07) is 0.495. The van der Waals surface area contributed by atoms with Crippen LogP contribution in [0.25, 0.3) is 0 Å². The van der Waals surface area contributed by atoms with Crippen LogP contribution in [0.2, 0.25) is 0 Å². The molecule has 1 fully saturated rings. The average molecular weight is 202 g/mol. The number of hydrogen-bond donors (Lipinski definition) is 2. The lowest BCUT2D eigenvalue weighted by molar-refractivity contribution is -0.134. The number of carbonyl (C=O) groups is 1. The van der Waals surface area contributed by atoms with Gasteiger partial charge in [-0.15, -0.1) is 0 Å². The SMILES string of the molecule is CN(C)C(=O)[C@H]1CC[C@H](NS)CC1. The fourth-order valence-corrected chi connectivity index (χ4v) is 2.09. The number of hydrogen-bond acceptors (Lipinski definition) is 3. The number of rotatable bonds is 2. The summed E-state index contributed by atoms with van der Waals surface area (Å²) in [6.45, 7) is 0. The first-order valence-electron chi connectivity index (χ1n) is 4.76. The standard InChI is InChI=1S/C9H18N2OS/c1-11(2)9(12)7-3-5-8(10-13)6-4-7/h7-8,10,13H,3-6H2,1-2H3/t7-,8-. The van der Waals surface area contributed by atoms with Crippen LogP contribution in [0.1, 0.15) is 25.7 Å². The second-order valence-electron chi connectivity index (χ2n) is 3.91. The zero-order valence-corrected chi connectivity index (χ0v) is 9.18. The second kappa shape index (κ2) is 4.86. The van der Waals surface area contributed by atoms with E-state index in [1.165, 1.54) is 0 Å². The normalized spacial score (nSPS) is 28.5. The van der Waals surface area contributed by atoms with Crippen LogP contribution in [0, 0.1) is 5.92 Å². The van der Waals surface area contributed by atoms with Crippen LogP contribution in [0.15, 0.2) is 0 Å². The Balaban J connectivity index is 2.36. The van der Waals surface area contributed by atoms with Crippen LogP contribution in [-0.4, -0.2) is 30.9 Å². The number of carbonyl (C=O) groups excluding carboxylic acids is 1. The molecule has 0 spiro atoms. The van der Waals surface area contributed by atoms with Gasteiger partial charge in [0.1, 0.15) is 0 Å². The van der Waals surface area contributed by atoms with E-state index in [-0.39, 0.29) is 11.8 Å². The summed E-state index contributed by atoms with van der Waals surface area (Å²) >= 11 is 4.04. The number of nitrogens with one attached hydrogen (secondary N) is 1. The van der Waals surface area contributed by atoms with Crippen molar-refractivity contribution >= 4 is 18.7 Å². The van der Waals surface area contributed by atoms with Crippen LogP contribution < -0.4 is 4.72 Å². The number of thiol groups is 1. The minimum Gasteiger partial charge on any atom is -0.349 e. The van der Waals surface area contributed by atoms with Crippen molar-refractivity contribution in [2.45, 2.75) is 31.7 Å². The second-order valence-corrected chi connectivity index (χ2v) is 4.17. The van der Waals surface area contributed by atoms with Gasteiger partial charge in [-0.05, 0) is 25.7 Å². The minimum atomic E-state index is 0.243. The summed E-state index contributed by atoms with van der Waals surface area (Å²) in [5.41, 5.74) is 0. The third-order valence-corrected chi connectivity index (χ3v) is 3.06. The topological polar surface area (TPSA) is 32.3 Å². The van der Waals surface area contributed by atoms with Crippen molar-refractivity contribution in [2.24, 2.45) is 5.92 Å². The van der Waals surface area contributed by atoms with E-state index in [1.54, 1.807) is 4.90 Å². The molecule has 0 unspecified atom stereocenters. The zero-order chi connectivity index (χ0) is 9.84. The Kier molecular flexibility index (Phi) is 4.06. The summed E-state index contributed by atoms with van der Waals surface area (Å²) < 4.78 is 2.96. The molecule has 0 aromatic rings. The van der Waals surface area contributed by atoms with Gasteiger partial charge in [0, 0.05) is 26.1 Å². The van der Waals surface area contributed by atoms with E-state index in [4.69, 9.17) is 0 Å². The van der Waals surface area contributed by atoms with Crippen molar-refractivity contribution in [3.8, 4) is 0 Å². The van der Waals surface area contributed by atoms with Gasteiger partial charge in [-0.1, -0.05) is 12.8 Å². The Morgan fingerprint density at radius 3 is 2.23 bits per heavy atom. The lowest BCUT2D eigenvalue weighted by Gasteiger charge is -2.28. The molecule has 0 aliphatic heterocycles. The lowest BCUT2D eigenvalue weighted by Crippen LogP contribution is -2.35. The molecule has 0 bridgehead atoms. The molecule has 1 aliphatic rings. The van der Waals surface area contributed by atoms with Gasteiger partial charge < -0.3 is 4.90 Å². The van der Waals surface area contributed by atoms with Crippen molar-refractivity contribution < 1.29 is 4.79 Å². The molecular weight excluding hydrogens is 184 g/mol. The number of amides is 1. The Bertz CT molecular complexity index is 176. The van der Waals surface area contributed by atoms with Crippen molar-refractivity contribution in [1.82, 2.24) is 9.62 Å². The minimum absolute atomic E-state index is 0.243. The molecule has 1 rings (SSSR count). The van der Waals surface area contributed by atoms with Crippen molar-refractivity contribution in [2.75, 3.05) is 14.1 Å². The van der Waals surface area contributed by atoms with Gasteiger partial charge in [-0.25, -0.2) is 0 Å². The summed E-state index contributed by atoms with van der Waals surface area (Å²) in [4.78, 5) is 13.3. The molecule has 0 heterocycles. The zero-order valence-electron chi connectivity index (χ0n) is 8.29. The van der Waals surface area contributed by atoms with Gasteiger partial charge in [0.25, 0.3) is 0 Å². The van der Waals surface area contributed by atoms with Crippen LogP contribution >= 0.6 is 12.8 Å². The molecule has 0 atom stereocenters. The highest BCUT2D eigenvalue weighted by atomic mass is 32.1. The van der Waals surface area contributed by atoms with Gasteiger partial charge in [0.2, 0.25) is 5.91 Å². The smallest absolute Gasteiger partial charge is 0.225 e. The van der Waals surface area contributed by atoms with E-state index in [0.717, 1.165) is 25.7 Å². The van der Waals surface area contributed by atoms with Crippen LogP contribution in [0.5, 0.6) is 0 Å². The molecule has 0 aromatic heterocycles. The lowest BCUT2D eigenvalue weighted by atomic mass is 9.86. The molecule has 0 aromatic carbocycles. The van der Waals surface area contributed by atoms with E-state index >= 15 is 0 Å². The Hall–Kier alpha value is -0.220. The molecule has 1 saturated carbocycles. The molecular formula is C9H18N2OS. The molecule has 13 heavy (non-hydrogen) atoms. The van der Waals surface area contributed by atoms with E-state index in [2.05, 4.69) is 17.5 Å². The Labute approximate surface area is 85.4 Å². The predicted octanol–water partition coefficient (Wildman–Crippen LogP) is 1.07. The Morgan fingerprint density at radius 1 is 1.31 bits per heavy atom. The highest BCUT2D eigenvalue weighted by Gasteiger charge is 2.26. The summed E-state index contributed by atoms with van der Waals surface area (Å²) in [5.74, 6) is 0.519. The first-order chi connectivity index (χ1) is 6.15. The van der Waals surface area contributed by atoms with Gasteiger partial charge in [0.05, 0.1) is 0 Å². The maximum Gasteiger partial charge on any atom is 0.225 e. The van der Waals surface area contributed by atoms with E-state index in [1.807, 2.05) is 14.1 Å². The molecule has 4 heteroatoms. The van der Waals surface area contributed by atoms with Gasteiger partial charge in [0.15, 0.2) is 0 Å². The van der Waals surface area contributed by atoms with Crippen LogP contribution in [0.4, 0.5) is 0 Å². The number of nitrogens with zero attached hydrogens (tertiary/aromatic N) is 1. The highest BCUT2D eigenvalue weighted by Crippen LogP contribution is 2.25. The Morgan fingerprint density at radius 2 is 1.85 bits per heavy atom. The fraction of sp³-hybridized carbons (Fsp3) is 0.889. The van der Waals surface area contributed by atoms with E-state index in [0.29, 0.717) is 6.04 Å². The summed E-state index contributed by atoms with van der Waals surface area (Å²) in [5, 5.41) is 0. The molecule has 1 amide bonds. The quantitative estimate of drug-likeness (QED) is 0.657. The maximum atomic E-state index is 11.6. The van der Waals surface area contributed by atoms with Crippen molar-refractivity contribution in [3.05, 3.63) is 0 Å². The fourth-order valence-electron chi connectivity index (χ4n) is 1.83. The molecule has 1 aliphatic carbocycles. The van der Waals surface area contributed by atoms with Crippen molar-refractivity contribution in [1.29, 1.82) is 0 Å². The molecule has 3 nitrogen and oxygen atoms in total. The first-order valence-corrected chi connectivity index (χ1v) is 5.20. The van der Waals surface area contributed by atoms with Gasteiger partial charge in [-0.2, -0.15) is 0 Å².